The molecule has 0 radical (unpaired) electrons. The first-order valence-corrected chi connectivity index (χ1v) is 10.4. The van der Waals surface area contributed by atoms with Crippen LogP contribution in [0.25, 0.3) is 0 Å². The second-order valence-electron chi connectivity index (χ2n) is 7.48. The zero-order chi connectivity index (χ0) is 22.3. The van der Waals surface area contributed by atoms with Crippen molar-refractivity contribution in [2.45, 2.75) is 20.1 Å². The van der Waals surface area contributed by atoms with Gasteiger partial charge in [-0.3, -0.25) is 9.48 Å². The molecule has 1 aromatic heterocycles. The highest BCUT2D eigenvalue weighted by Crippen LogP contribution is 2.26. The number of carbonyl (C=O) groups excluding carboxylic acids is 1. The van der Waals surface area contributed by atoms with Crippen LogP contribution in [0.1, 0.15) is 27.0 Å². The van der Waals surface area contributed by atoms with Crippen molar-refractivity contribution in [3.63, 3.8) is 0 Å². The van der Waals surface area contributed by atoms with Gasteiger partial charge in [0.2, 0.25) is 0 Å². The van der Waals surface area contributed by atoms with Crippen molar-refractivity contribution in [2.75, 3.05) is 12.4 Å². The molecule has 0 aliphatic carbocycles. The van der Waals surface area contributed by atoms with Gasteiger partial charge < -0.3 is 14.8 Å². The minimum absolute atomic E-state index is 0.218. The molecule has 6 heteroatoms. The van der Waals surface area contributed by atoms with E-state index in [-0.39, 0.29) is 5.91 Å². The molecule has 0 spiro atoms. The highest BCUT2D eigenvalue weighted by atomic mass is 16.5. The van der Waals surface area contributed by atoms with Crippen molar-refractivity contribution < 1.29 is 14.3 Å². The number of nitrogens with zero attached hydrogens (tertiary/aromatic N) is 2. The molecule has 0 fully saturated rings. The van der Waals surface area contributed by atoms with Gasteiger partial charge in [0.1, 0.15) is 6.61 Å². The molecule has 0 atom stereocenters. The molecule has 4 aromatic rings. The Labute approximate surface area is 187 Å². The molecule has 0 aliphatic heterocycles. The first kappa shape index (κ1) is 21.2. The van der Waals surface area contributed by atoms with Crippen LogP contribution in [-0.2, 0) is 13.2 Å². The van der Waals surface area contributed by atoms with Crippen molar-refractivity contribution in [1.82, 2.24) is 9.78 Å². The van der Waals surface area contributed by atoms with Gasteiger partial charge in [-0.15, -0.1) is 0 Å². The Balaban J connectivity index is 1.38. The summed E-state index contributed by atoms with van der Waals surface area (Å²) >= 11 is 0. The summed E-state index contributed by atoms with van der Waals surface area (Å²) in [5.41, 5.74) is 3.79. The Bertz CT molecular complexity index is 1220. The molecular formula is C26H25N3O3. The van der Waals surface area contributed by atoms with E-state index in [9.17, 15) is 4.79 Å². The van der Waals surface area contributed by atoms with E-state index >= 15 is 0 Å². The predicted octanol–water partition coefficient (Wildman–Crippen LogP) is 5.08. The van der Waals surface area contributed by atoms with Gasteiger partial charge in [0.05, 0.1) is 13.7 Å². The fourth-order valence-electron chi connectivity index (χ4n) is 3.40. The number of aromatic nitrogens is 2. The van der Waals surface area contributed by atoms with Crippen LogP contribution >= 0.6 is 0 Å². The molecule has 1 N–H and O–H groups in total. The maximum absolute atomic E-state index is 12.7. The van der Waals surface area contributed by atoms with Crippen LogP contribution in [0.3, 0.4) is 0 Å². The number of anilines is 1. The fraction of sp³-hybridized carbons (Fsp3) is 0.154. The van der Waals surface area contributed by atoms with E-state index in [0.717, 1.165) is 11.1 Å². The third kappa shape index (κ3) is 5.35. The molecule has 1 heterocycles. The van der Waals surface area contributed by atoms with Crippen LogP contribution in [0.5, 0.6) is 11.5 Å². The minimum Gasteiger partial charge on any atom is -0.493 e. The maximum atomic E-state index is 12.7. The van der Waals surface area contributed by atoms with Crippen molar-refractivity contribution >= 4 is 11.7 Å². The normalized spacial score (nSPS) is 10.6. The first-order chi connectivity index (χ1) is 15.6. The van der Waals surface area contributed by atoms with E-state index in [1.54, 1.807) is 19.2 Å². The molecule has 1 amide bonds. The molecule has 0 aliphatic rings. The molecule has 4 rings (SSSR count). The summed E-state index contributed by atoms with van der Waals surface area (Å²) in [5, 5.41) is 7.33. The lowest BCUT2D eigenvalue weighted by molar-refractivity contribution is 0.102. The van der Waals surface area contributed by atoms with Crippen LogP contribution in [0, 0.1) is 6.92 Å². The van der Waals surface area contributed by atoms with E-state index in [2.05, 4.69) is 35.5 Å². The largest absolute Gasteiger partial charge is 0.493 e. The van der Waals surface area contributed by atoms with Gasteiger partial charge in [-0.25, -0.2) is 0 Å². The van der Waals surface area contributed by atoms with Crippen molar-refractivity contribution in [1.29, 1.82) is 0 Å². The quantitative estimate of drug-likeness (QED) is 0.426. The summed E-state index contributed by atoms with van der Waals surface area (Å²) in [5.74, 6) is 1.62. The number of benzene rings is 3. The Morgan fingerprint density at radius 1 is 0.938 bits per heavy atom. The number of methoxy groups -OCH3 is 1. The number of para-hydroxylation sites is 2. The number of hydrogen-bond acceptors (Lipinski definition) is 4. The van der Waals surface area contributed by atoms with Gasteiger partial charge >= 0.3 is 0 Å². The van der Waals surface area contributed by atoms with Gasteiger partial charge in [0.15, 0.2) is 17.3 Å². The summed E-state index contributed by atoms with van der Waals surface area (Å²) in [7, 11) is 1.61. The highest BCUT2D eigenvalue weighted by Gasteiger charge is 2.10. The Kier molecular flexibility index (Phi) is 6.51. The molecule has 6 nitrogen and oxygen atoms in total. The number of rotatable bonds is 8. The monoisotopic (exact) mass is 427 g/mol. The maximum Gasteiger partial charge on any atom is 0.256 e. The minimum atomic E-state index is -0.218. The number of amides is 1. The van der Waals surface area contributed by atoms with E-state index < -0.39 is 0 Å². The smallest absolute Gasteiger partial charge is 0.256 e. The van der Waals surface area contributed by atoms with Crippen molar-refractivity contribution in [3.8, 4) is 11.5 Å². The summed E-state index contributed by atoms with van der Waals surface area (Å²) in [6.07, 6.45) is 1.86. The van der Waals surface area contributed by atoms with E-state index in [0.29, 0.717) is 36.0 Å². The summed E-state index contributed by atoms with van der Waals surface area (Å²) in [4.78, 5) is 12.7. The standard InChI is InChI=1S/C26H25N3O3/c1-19-7-5-8-20(15-19)17-29-14-13-25(28-29)27-26(30)22-10-6-9-21(16-22)18-32-24-12-4-3-11-23(24)31-2/h3-16H,17-18H2,1-2H3,(H,27,28,30). The van der Waals surface area contributed by atoms with E-state index in [1.807, 2.05) is 59.4 Å². The Morgan fingerprint density at radius 2 is 1.72 bits per heavy atom. The summed E-state index contributed by atoms with van der Waals surface area (Å²) in [6, 6.07) is 24.9. The van der Waals surface area contributed by atoms with Gasteiger partial charge in [-0.2, -0.15) is 5.10 Å². The highest BCUT2D eigenvalue weighted by molar-refractivity contribution is 6.03. The number of hydrogen-bond donors (Lipinski definition) is 1. The zero-order valence-electron chi connectivity index (χ0n) is 18.1. The summed E-state index contributed by atoms with van der Waals surface area (Å²) < 4.78 is 13.0. The second-order valence-corrected chi connectivity index (χ2v) is 7.48. The van der Waals surface area contributed by atoms with Crippen molar-refractivity contribution in [3.05, 3.63) is 107 Å². The van der Waals surface area contributed by atoms with Crippen LogP contribution in [0.15, 0.2) is 85.1 Å². The zero-order valence-corrected chi connectivity index (χ0v) is 18.1. The van der Waals surface area contributed by atoms with Crippen molar-refractivity contribution in [2.24, 2.45) is 0 Å². The van der Waals surface area contributed by atoms with Crippen LogP contribution in [0.2, 0.25) is 0 Å². The van der Waals surface area contributed by atoms with Gasteiger partial charge in [0, 0.05) is 17.8 Å². The second kappa shape index (κ2) is 9.83. The fourth-order valence-corrected chi connectivity index (χ4v) is 3.40. The van der Waals surface area contributed by atoms with Gasteiger partial charge in [-0.05, 0) is 42.3 Å². The van der Waals surface area contributed by atoms with Gasteiger partial charge in [0.25, 0.3) is 5.91 Å². The number of aryl methyl sites for hydroxylation is 1. The molecule has 3 aromatic carbocycles. The summed E-state index contributed by atoms with van der Waals surface area (Å²) in [6.45, 7) is 3.04. The average Bonchev–Trinajstić information content (AvgIpc) is 3.24. The number of ether oxygens (including phenoxy) is 2. The van der Waals surface area contributed by atoms with Crippen LogP contribution in [-0.4, -0.2) is 22.8 Å². The molecule has 0 saturated heterocycles. The lowest BCUT2D eigenvalue weighted by Gasteiger charge is -2.11. The Morgan fingerprint density at radius 3 is 2.53 bits per heavy atom. The Hall–Kier alpha value is -4.06. The third-order valence-electron chi connectivity index (χ3n) is 4.96. The first-order valence-electron chi connectivity index (χ1n) is 10.4. The molecular weight excluding hydrogens is 402 g/mol. The topological polar surface area (TPSA) is 65.4 Å². The lowest BCUT2D eigenvalue weighted by atomic mass is 10.1. The molecule has 0 bridgehead atoms. The van der Waals surface area contributed by atoms with Crippen LogP contribution < -0.4 is 14.8 Å². The SMILES string of the molecule is COc1ccccc1OCc1cccc(C(=O)Nc2ccn(Cc3cccc(C)c3)n2)c1. The number of nitrogens with one attached hydrogen (secondary N) is 1. The molecule has 32 heavy (non-hydrogen) atoms. The van der Waals surface area contributed by atoms with Crippen LogP contribution in [0.4, 0.5) is 5.82 Å². The average molecular weight is 428 g/mol. The lowest BCUT2D eigenvalue weighted by Crippen LogP contribution is -2.13. The molecule has 0 saturated carbocycles. The van der Waals surface area contributed by atoms with Gasteiger partial charge in [-0.1, -0.05) is 54.1 Å². The molecule has 0 unspecified atom stereocenters. The molecule has 162 valence electrons. The third-order valence-corrected chi connectivity index (χ3v) is 4.96. The number of carbonyl (C=O) groups is 1. The van der Waals surface area contributed by atoms with E-state index in [1.165, 1.54) is 5.56 Å². The van der Waals surface area contributed by atoms with E-state index in [4.69, 9.17) is 9.47 Å². The predicted molar refractivity (Wildman–Crippen MR) is 124 cm³/mol.